The van der Waals surface area contributed by atoms with E-state index in [9.17, 15) is 4.79 Å². The SMILES string of the molecule is COC(=O)C[C@H](c1ccc(OCc2ccccc2)cc1)N(Cc1ccccc1)[C@@H](C)c1ccccc1. The lowest BCUT2D eigenvalue weighted by Gasteiger charge is -2.37. The highest BCUT2D eigenvalue weighted by molar-refractivity contribution is 5.70. The predicted molar refractivity (Wildman–Crippen MR) is 143 cm³/mol. The summed E-state index contributed by atoms with van der Waals surface area (Å²) in [6, 6.07) is 38.9. The van der Waals surface area contributed by atoms with Crippen LogP contribution in [0.25, 0.3) is 0 Å². The number of carbonyl (C=O) groups excluding carboxylic acids is 1. The van der Waals surface area contributed by atoms with Crippen molar-refractivity contribution in [3.8, 4) is 5.75 Å². The van der Waals surface area contributed by atoms with Gasteiger partial charge in [-0.1, -0.05) is 103 Å². The molecule has 0 radical (unpaired) electrons. The minimum absolute atomic E-state index is 0.0788. The molecule has 4 rings (SSSR count). The summed E-state index contributed by atoms with van der Waals surface area (Å²) in [6.07, 6.45) is 0.255. The number of ether oxygens (including phenoxy) is 2. The van der Waals surface area contributed by atoms with Crippen molar-refractivity contribution in [1.82, 2.24) is 4.90 Å². The normalized spacial score (nSPS) is 12.6. The molecule has 0 fully saturated rings. The van der Waals surface area contributed by atoms with Gasteiger partial charge in [-0.15, -0.1) is 0 Å². The molecular weight excluding hydrogens is 446 g/mol. The van der Waals surface area contributed by atoms with E-state index in [1.54, 1.807) is 0 Å². The van der Waals surface area contributed by atoms with E-state index in [1.807, 2.05) is 54.6 Å². The molecule has 0 saturated carbocycles. The molecule has 2 atom stereocenters. The Morgan fingerprint density at radius 3 is 1.86 bits per heavy atom. The molecule has 0 bridgehead atoms. The molecule has 0 heterocycles. The quantitative estimate of drug-likeness (QED) is 0.214. The lowest BCUT2D eigenvalue weighted by Crippen LogP contribution is -2.33. The Kier molecular flexibility index (Phi) is 8.90. The van der Waals surface area contributed by atoms with Gasteiger partial charge in [-0.05, 0) is 41.3 Å². The zero-order valence-corrected chi connectivity index (χ0v) is 20.9. The van der Waals surface area contributed by atoms with E-state index in [-0.39, 0.29) is 24.5 Å². The number of benzene rings is 4. The van der Waals surface area contributed by atoms with Gasteiger partial charge in [0.1, 0.15) is 12.4 Å². The number of hydrogen-bond donors (Lipinski definition) is 0. The van der Waals surface area contributed by atoms with E-state index in [4.69, 9.17) is 9.47 Å². The predicted octanol–water partition coefficient (Wildman–Crippen LogP) is 7.13. The summed E-state index contributed by atoms with van der Waals surface area (Å²) < 4.78 is 11.1. The highest BCUT2D eigenvalue weighted by Crippen LogP contribution is 2.35. The van der Waals surface area contributed by atoms with Gasteiger partial charge in [-0.25, -0.2) is 0 Å². The van der Waals surface area contributed by atoms with Crippen LogP contribution in [-0.2, 0) is 22.7 Å². The van der Waals surface area contributed by atoms with E-state index >= 15 is 0 Å². The van der Waals surface area contributed by atoms with Crippen LogP contribution in [0.4, 0.5) is 0 Å². The second-order valence-electron chi connectivity index (χ2n) is 8.88. The van der Waals surface area contributed by atoms with Crippen molar-refractivity contribution in [3.05, 3.63) is 138 Å². The maximum absolute atomic E-state index is 12.6. The molecule has 4 aromatic carbocycles. The van der Waals surface area contributed by atoms with Crippen LogP contribution in [0.1, 0.15) is 47.7 Å². The summed E-state index contributed by atoms with van der Waals surface area (Å²) in [5, 5.41) is 0. The molecule has 4 heteroatoms. The van der Waals surface area contributed by atoms with Crippen molar-refractivity contribution in [3.63, 3.8) is 0 Å². The van der Waals surface area contributed by atoms with E-state index in [0.29, 0.717) is 13.2 Å². The molecule has 36 heavy (non-hydrogen) atoms. The number of methoxy groups -OCH3 is 1. The fourth-order valence-electron chi connectivity index (χ4n) is 4.43. The third kappa shape index (κ3) is 6.83. The topological polar surface area (TPSA) is 38.8 Å². The molecule has 0 aliphatic rings. The van der Waals surface area contributed by atoms with E-state index in [0.717, 1.165) is 16.9 Å². The van der Waals surface area contributed by atoms with E-state index in [2.05, 4.69) is 72.5 Å². The highest BCUT2D eigenvalue weighted by Gasteiger charge is 2.29. The molecule has 0 amide bonds. The van der Waals surface area contributed by atoms with Crippen LogP contribution in [0.5, 0.6) is 5.75 Å². The molecule has 0 saturated heterocycles. The van der Waals surface area contributed by atoms with Crippen molar-refractivity contribution in [2.45, 2.75) is 38.6 Å². The first kappa shape index (κ1) is 25.2. The van der Waals surface area contributed by atoms with Gasteiger partial charge in [0.25, 0.3) is 0 Å². The summed E-state index contributed by atoms with van der Waals surface area (Å²) in [4.78, 5) is 14.9. The molecule has 0 N–H and O–H groups in total. The molecule has 0 aliphatic carbocycles. The van der Waals surface area contributed by atoms with Crippen LogP contribution in [0.15, 0.2) is 115 Å². The summed E-state index contributed by atoms with van der Waals surface area (Å²) in [6.45, 7) is 3.40. The first-order valence-corrected chi connectivity index (χ1v) is 12.3. The first-order valence-electron chi connectivity index (χ1n) is 12.3. The highest BCUT2D eigenvalue weighted by atomic mass is 16.5. The average molecular weight is 480 g/mol. The van der Waals surface area contributed by atoms with Gasteiger partial charge in [0.2, 0.25) is 0 Å². The molecular formula is C32H33NO3. The monoisotopic (exact) mass is 479 g/mol. The Labute approximate surface area is 214 Å². The van der Waals surface area contributed by atoms with Crippen LogP contribution in [0.3, 0.4) is 0 Å². The van der Waals surface area contributed by atoms with Gasteiger partial charge in [0, 0.05) is 18.6 Å². The first-order chi connectivity index (χ1) is 17.6. The Hall–Kier alpha value is -3.89. The van der Waals surface area contributed by atoms with Crippen molar-refractivity contribution >= 4 is 5.97 Å². The number of rotatable bonds is 11. The Morgan fingerprint density at radius 2 is 1.28 bits per heavy atom. The number of hydrogen-bond acceptors (Lipinski definition) is 4. The summed E-state index contributed by atoms with van der Waals surface area (Å²) in [7, 11) is 1.45. The van der Waals surface area contributed by atoms with E-state index in [1.165, 1.54) is 18.2 Å². The van der Waals surface area contributed by atoms with Crippen molar-refractivity contribution in [2.24, 2.45) is 0 Å². The van der Waals surface area contributed by atoms with Gasteiger partial charge in [-0.3, -0.25) is 9.69 Å². The van der Waals surface area contributed by atoms with Crippen molar-refractivity contribution in [2.75, 3.05) is 7.11 Å². The summed E-state index contributed by atoms with van der Waals surface area (Å²) in [5.41, 5.74) is 4.56. The summed E-state index contributed by atoms with van der Waals surface area (Å²) in [5.74, 6) is 0.563. The molecule has 4 nitrogen and oxygen atoms in total. The lowest BCUT2D eigenvalue weighted by atomic mass is 9.96. The molecule has 4 aromatic rings. The molecule has 0 unspecified atom stereocenters. The number of nitrogens with zero attached hydrogens (tertiary/aromatic N) is 1. The molecule has 184 valence electrons. The van der Waals surface area contributed by atoms with Crippen LogP contribution < -0.4 is 4.74 Å². The zero-order chi connectivity index (χ0) is 25.2. The minimum Gasteiger partial charge on any atom is -0.489 e. The van der Waals surface area contributed by atoms with Gasteiger partial charge in [0.05, 0.1) is 13.5 Å². The fraction of sp³-hybridized carbons (Fsp3) is 0.219. The zero-order valence-electron chi connectivity index (χ0n) is 20.9. The second kappa shape index (κ2) is 12.7. The molecule has 0 aromatic heterocycles. The van der Waals surface area contributed by atoms with Crippen molar-refractivity contribution in [1.29, 1.82) is 0 Å². The Bertz CT molecular complexity index is 1190. The maximum atomic E-state index is 12.6. The van der Waals surface area contributed by atoms with Gasteiger partial charge in [0.15, 0.2) is 0 Å². The van der Waals surface area contributed by atoms with Gasteiger partial charge in [-0.2, -0.15) is 0 Å². The number of esters is 1. The van der Waals surface area contributed by atoms with Crippen LogP contribution in [0, 0.1) is 0 Å². The van der Waals surface area contributed by atoms with Gasteiger partial charge >= 0.3 is 5.97 Å². The standard InChI is InChI=1S/C32H33NO3/c1-25(28-16-10-5-11-17-28)33(23-26-12-6-3-7-13-26)31(22-32(34)35-2)29-18-20-30(21-19-29)36-24-27-14-8-4-9-15-27/h3-21,25,31H,22-24H2,1-2H3/t25-,31+/m0/s1. The average Bonchev–Trinajstić information content (AvgIpc) is 2.95. The largest absolute Gasteiger partial charge is 0.489 e. The van der Waals surface area contributed by atoms with Crippen LogP contribution in [0.2, 0.25) is 0 Å². The third-order valence-corrected chi connectivity index (χ3v) is 6.49. The van der Waals surface area contributed by atoms with E-state index < -0.39 is 0 Å². The lowest BCUT2D eigenvalue weighted by molar-refractivity contribution is -0.142. The summed E-state index contributed by atoms with van der Waals surface area (Å²) >= 11 is 0. The Balaban J connectivity index is 1.62. The van der Waals surface area contributed by atoms with Crippen molar-refractivity contribution < 1.29 is 14.3 Å². The second-order valence-corrected chi connectivity index (χ2v) is 8.88. The molecule has 0 aliphatic heterocycles. The Morgan fingerprint density at radius 1 is 0.722 bits per heavy atom. The van der Waals surface area contributed by atoms with Crippen LogP contribution >= 0.6 is 0 Å². The third-order valence-electron chi connectivity index (χ3n) is 6.49. The van der Waals surface area contributed by atoms with Gasteiger partial charge < -0.3 is 9.47 Å². The maximum Gasteiger partial charge on any atom is 0.307 e. The molecule has 0 spiro atoms. The van der Waals surface area contributed by atoms with Crippen LogP contribution in [-0.4, -0.2) is 18.0 Å². The smallest absolute Gasteiger partial charge is 0.307 e. The fourth-order valence-corrected chi connectivity index (χ4v) is 4.43. The minimum atomic E-state index is -0.234. The number of carbonyl (C=O) groups is 1.